The average Bonchev–Trinajstić information content (AvgIpc) is 3.22. The van der Waals surface area contributed by atoms with E-state index in [9.17, 15) is 24.3 Å². The van der Waals surface area contributed by atoms with Crippen LogP contribution in [-0.4, -0.2) is 93.5 Å². The largest absolute Gasteiger partial charge is 0.480 e. The Morgan fingerprint density at radius 3 is 2.24 bits per heavy atom. The molecule has 1 amide bonds. The predicted octanol–water partition coefficient (Wildman–Crippen LogP) is -1.84. The van der Waals surface area contributed by atoms with Gasteiger partial charge in [-0.1, -0.05) is 0 Å². The van der Waals surface area contributed by atoms with Crippen molar-refractivity contribution in [3.63, 3.8) is 0 Å². The van der Waals surface area contributed by atoms with Gasteiger partial charge >= 0.3 is 22.3 Å². The molecule has 166 valence electrons. The van der Waals surface area contributed by atoms with Crippen molar-refractivity contribution in [3.8, 4) is 0 Å². The molecule has 0 saturated carbocycles. The normalized spacial score (nSPS) is 25.6. The Balaban J connectivity index is 0.000000749. The second kappa shape index (κ2) is 10.1. The van der Waals surface area contributed by atoms with Crippen LogP contribution in [0.1, 0.15) is 32.6 Å². The van der Waals surface area contributed by atoms with E-state index < -0.39 is 46.2 Å². The van der Waals surface area contributed by atoms with E-state index in [0.29, 0.717) is 12.8 Å². The smallest absolute Gasteiger partial charge is 0.394 e. The average molecular weight is 439 g/mol. The Morgan fingerprint density at radius 1 is 1.21 bits per heavy atom. The standard InChI is InChI=1S/C15H23N3O6.H2O4S/c1-9(17-13(22)10-4-2-6-16-10)12(21)15(14(23)24)5-3-7-18(15)8-11(19)20;1-5(2,3)4/h9-10,16H,2-8H2,1H3,(H,17,22)(H,19,20)(H,23,24);(H2,1,2,3,4)/t9-,10-,15+;/m0./s1. The molecule has 0 spiro atoms. The van der Waals surface area contributed by atoms with Crippen LogP contribution in [0.3, 0.4) is 0 Å². The Morgan fingerprint density at radius 2 is 1.79 bits per heavy atom. The highest BCUT2D eigenvalue weighted by molar-refractivity contribution is 7.79. The molecular formula is C15H25N3O10S. The molecule has 0 bridgehead atoms. The third-order valence-electron chi connectivity index (χ3n) is 4.72. The maximum absolute atomic E-state index is 12.8. The van der Waals surface area contributed by atoms with Crippen LogP contribution in [0.5, 0.6) is 0 Å². The highest BCUT2D eigenvalue weighted by Crippen LogP contribution is 2.31. The fourth-order valence-corrected chi connectivity index (χ4v) is 3.52. The zero-order chi connectivity index (χ0) is 22.4. The number of hydrogen-bond donors (Lipinski definition) is 6. The summed E-state index contributed by atoms with van der Waals surface area (Å²) in [5.41, 5.74) is -1.89. The molecule has 2 aliphatic heterocycles. The van der Waals surface area contributed by atoms with Gasteiger partial charge in [0.2, 0.25) is 5.91 Å². The van der Waals surface area contributed by atoms with Crippen LogP contribution in [0.2, 0.25) is 0 Å². The molecule has 0 aromatic heterocycles. The predicted molar refractivity (Wildman–Crippen MR) is 96.6 cm³/mol. The quantitative estimate of drug-likeness (QED) is 0.191. The van der Waals surface area contributed by atoms with Gasteiger partial charge in [0.05, 0.1) is 18.6 Å². The van der Waals surface area contributed by atoms with Crippen molar-refractivity contribution < 1.29 is 46.9 Å². The van der Waals surface area contributed by atoms with E-state index in [-0.39, 0.29) is 24.9 Å². The van der Waals surface area contributed by atoms with Crippen LogP contribution in [0.4, 0.5) is 0 Å². The van der Waals surface area contributed by atoms with Crippen molar-refractivity contribution in [1.82, 2.24) is 15.5 Å². The minimum atomic E-state index is -4.67. The monoisotopic (exact) mass is 439 g/mol. The Labute approximate surface area is 167 Å². The molecule has 0 radical (unpaired) electrons. The SMILES string of the molecule is C[C@H](NC(=O)[C@@H]1CCCN1)C(=O)[C@@]1(C(=O)O)CCCN1CC(=O)O.O=S(=O)(O)O. The lowest BCUT2D eigenvalue weighted by Crippen LogP contribution is -2.63. The summed E-state index contributed by atoms with van der Waals surface area (Å²) in [7, 11) is -4.67. The Hall–Kier alpha value is -2.13. The van der Waals surface area contributed by atoms with Crippen molar-refractivity contribution >= 4 is 34.0 Å². The first-order valence-electron chi connectivity index (χ1n) is 8.77. The molecule has 14 heteroatoms. The first-order valence-corrected chi connectivity index (χ1v) is 10.2. The minimum Gasteiger partial charge on any atom is -0.480 e. The summed E-state index contributed by atoms with van der Waals surface area (Å²) in [6, 6.07) is -1.38. The van der Waals surface area contributed by atoms with Gasteiger partial charge in [-0.3, -0.25) is 28.4 Å². The van der Waals surface area contributed by atoms with Gasteiger partial charge in [-0.05, 0) is 39.2 Å². The highest BCUT2D eigenvalue weighted by atomic mass is 32.3. The highest BCUT2D eigenvalue weighted by Gasteiger charge is 2.55. The van der Waals surface area contributed by atoms with Crippen LogP contribution in [-0.2, 0) is 29.6 Å². The van der Waals surface area contributed by atoms with E-state index >= 15 is 0 Å². The lowest BCUT2D eigenvalue weighted by molar-refractivity contribution is -0.158. The lowest BCUT2D eigenvalue weighted by atomic mass is 9.86. The van der Waals surface area contributed by atoms with Crippen molar-refractivity contribution in [1.29, 1.82) is 0 Å². The van der Waals surface area contributed by atoms with Crippen LogP contribution in [0, 0.1) is 0 Å². The van der Waals surface area contributed by atoms with Crippen LogP contribution in [0.15, 0.2) is 0 Å². The van der Waals surface area contributed by atoms with Crippen LogP contribution >= 0.6 is 0 Å². The molecule has 29 heavy (non-hydrogen) atoms. The van der Waals surface area contributed by atoms with E-state index in [0.717, 1.165) is 13.0 Å². The Bertz CT molecular complexity index is 741. The van der Waals surface area contributed by atoms with Gasteiger partial charge in [0.15, 0.2) is 11.3 Å². The molecular weight excluding hydrogens is 414 g/mol. The molecule has 2 rings (SSSR count). The number of likely N-dealkylation sites (tertiary alicyclic amines) is 1. The van der Waals surface area contributed by atoms with Crippen LogP contribution in [0.25, 0.3) is 0 Å². The van der Waals surface area contributed by atoms with E-state index in [1.54, 1.807) is 0 Å². The molecule has 0 aromatic carbocycles. The molecule has 2 saturated heterocycles. The second-order valence-corrected chi connectivity index (χ2v) is 7.67. The maximum atomic E-state index is 12.8. The zero-order valence-corrected chi connectivity index (χ0v) is 16.5. The lowest BCUT2D eigenvalue weighted by Gasteiger charge is -2.34. The number of nitrogens with zero attached hydrogens (tertiary/aromatic N) is 1. The molecule has 2 aliphatic rings. The number of carbonyl (C=O) groups is 4. The summed E-state index contributed by atoms with van der Waals surface area (Å²) in [4.78, 5) is 48.9. The molecule has 13 nitrogen and oxygen atoms in total. The van der Waals surface area contributed by atoms with Gasteiger partial charge in [-0.25, -0.2) is 4.79 Å². The van der Waals surface area contributed by atoms with Crippen molar-refractivity contribution in [2.45, 2.75) is 50.2 Å². The number of amides is 1. The van der Waals surface area contributed by atoms with Gasteiger partial charge in [-0.15, -0.1) is 0 Å². The number of carboxylic acid groups (broad SMARTS) is 2. The summed E-state index contributed by atoms with van der Waals surface area (Å²) >= 11 is 0. The number of hydrogen-bond acceptors (Lipinski definition) is 8. The van der Waals surface area contributed by atoms with Gasteiger partial charge in [0, 0.05) is 6.54 Å². The summed E-state index contributed by atoms with van der Waals surface area (Å²) < 4.78 is 31.6. The van der Waals surface area contributed by atoms with E-state index in [2.05, 4.69) is 10.6 Å². The number of ketones is 1. The molecule has 2 heterocycles. The summed E-state index contributed by atoms with van der Waals surface area (Å²) in [5, 5.41) is 24.2. The van der Waals surface area contributed by atoms with E-state index in [1.165, 1.54) is 11.8 Å². The molecule has 3 atom stereocenters. The molecule has 0 aliphatic carbocycles. The number of nitrogens with one attached hydrogen (secondary N) is 2. The summed E-state index contributed by atoms with van der Waals surface area (Å²) in [6.45, 7) is 1.86. The molecule has 2 fully saturated rings. The fraction of sp³-hybridized carbons (Fsp3) is 0.733. The van der Waals surface area contributed by atoms with E-state index in [1.807, 2.05) is 0 Å². The van der Waals surface area contributed by atoms with Crippen molar-refractivity contribution in [2.24, 2.45) is 0 Å². The fourth-order valence-electron chi connectivity index (χ4n) is 3.52. The second-order valence-electron chi connectivity index (χ2n) is 6.78. The van der Waals surface area contributed by atoms with Gasteiger partial charge in [0.25, 0.3) is 0 Å². The molecule has 6 N–H and O–H groups in total. The number of Topliss-reactive ketones (excluding diaryl/α,β-unsaturated/α-hetero) is 1. The first-order chi connectivity index (χ1) is 13.3. The first kappa shape index (κ1) is 24.9. The van der Waals surface area contributed by atoms with Gasteiger partial charge < -0.3 is 20.8 Å². The zero-order valence-electron chi connectivity index (χ0n) is 15.7. The van der Waals surface area contributed by atoms with Gasteiger partial charge in [0.1, 0.15) is 0 Å². The van der Waals surface area contributed by atoms with Crippen LogP contribution < -0.4 is 10.6 Å². The molecule has 0 aromatic rings. The van der Waals surface area contributed by atoms with Gasteiger partial charge in [-0.2, -0.15) is 8.42 Å². The minimum absolute atomic E-state index is 0.0380. The van der Waals surface area contributed by atoms with Crippen molar-refractivity contribution in [2.75, 3.05) is 19.6 Å². The number of rotatable bonds is 7. The third kappa shape index (κ3) is 7.01. The topological polar surface area (TPSA) is 211 Å². The number of aliphatic carboxylic acids is 2. The summed E-state index contributed by atoms with van der Waals surface area (Å²) in [5.74, 6) is -3.58. The number of carbonyl (C=O) groups excluding carboxylic acids is 2. The summed E-state index contributed by atoms with van der Waals surface area (Å²) in [6.07, 6.45) is 1.99. The Kier molecular flexibility index (Phi) is 8.65. The maximum Gasteiger partial charge on any atom is 0.394 e. The van der Waals surface area contributed by atoms with E-state index in [4.69, 9.17) is 22.6 Å². The number of carboxylic acids is 2. The molecule has 0 unspecified atom stereocenters. The van der Waals surface area contributed by atoms with Crippen molar-refractivity contribution in [3.05, 3.63) is 0 Å². The third-order valence-corrected chi connectivity index (χ3v) is 4.72.